The van der Waals surface area contributed by atoms with Gasteiger partial charge in [0.2, 0.25) is 0 Å². The molecule has 0 atom stereocenters. The van der Waals surface area contributed by atoms with Crippen LogP contribution < -0.4 is 14.2 Å². The largest absolute Gasteiger partial charge is 0.488 e. The molecule has 158 valence electrons. The normalized spacial score (nSPS) is 16.0. The van der Waals surface area contributed by atoms with E-state index < -0.39 is 16.0 Å². The molecule has 3 rings (SSSR count). The highest BCUT2D eigenvalue weighted by Gasteiger charge is 2.20. The number of pyridine rings is 2. The number of hydrogen-bond acceptors (Lipinski definition) is 6. The van der Waals surface area contributed by atoms with Crippen molar-refractivity contribution in [2.45, 2.75) is 32.3 Å². The van der Waals surface area contributed by atoms with Crippen LogP contribution in [0.25, 0.3) is 0 Å². The first kappa shape index (κ1) is 21.4. The molecule has 0 bridgehead atoms. The summed E-state index contributed by atoms with van der Waals surface area (Å²) in [5, 5.41) is 0. The number of piperidine rings is 1. The highest BCUT2D eigenvalue weighted by atomic mass is 32.2. The SMILES string of the molecule is CNS(=O)(=O)Nc1nccc(Cc2cncc(OC3CCN(C)CC3)c2C)c1F. The number of likely N-dealkylation sites (tertiary alicyclic amines) is 1. The average molecular weight is 424 g/mol. The lowest BCUT2D eigenvalue weighted by Gasteiger charge is -2.29. The predicted molar refractivity (Wildman–Crippen MR) is 109 cm³/mol. The lowest BCUT2D eigenvalue weighted by Crippen LogP contribution is -2.35. The minimum atomic E-state index is -3.86. The van der Waals surface area contributed by atoms with Crippen LogP contribution >= 0.6 is 0 Å². The number of hydrogen-bond donors (Lipinski definition) is 2. The summed E-state index contributed by atoms with van der Waals surface area (Å²) >= 11 is 0. The van der Waals surface area contributed by atoms with Gasteiger partial charge in [0, 0.05) is 39.0 Å². The molecular formula is C19H26FN5O3S. The Hall–Kier alpha value is -2.30. The third-order valence-corrected chi connectivity index (χ3v) is 6.08. The molecule has 8 nitrogen and oxygen atoms in total. The van der Waals surface area contributed by atoms with Crippen LogP contribution in [0.15, 0.2) is 24.7 Å². The quantitative estimate of drug-likeness (QED) is 0.706. The van der Waals surface area contributed by atoms with Crippen LogP contribution in [0, 0.1) is 12.7 Å². The zero-order valence-electron chi connectivity index (χ0n) is 16.8. The molecule has 1 aliphatic rings. The van der Waals surface area contributed by atoms with Gasteiger partial charge in [-0.25, -0.2) is 14.1 Å². The van der Waals surface area contributed by atoms with E-state index in [1.807, 2.05) is 6.92 Å². The maximum Gasteiger partial charge on any atom is 0.300 e. The van der Waals surface area contributed by atoms with Crippen LogP contribution in [0.3, 0.4) is 0 Å². The molecule has 0 unspecified atom stereocenters. The summed E-state index contributed by atoms with van der Waals surface area (Å²) in [5.41, 5.74) is 2.02. The van der Waals surface area contributed by atoms with Gasteiger partial charge in [0.05, 0.1) is 6.20 Å². The Morgan fingerprint density at radius 2 is 2.00 bits per heavy atom. The molecule has 1 aliphatic heterocycles. The van der Waals surface area contributed by atoms with Crippen LogP contribution in [-0.4, -0.2) is 56.6 Å². The first-order valence-corrected chi connectivity index (χ1v) is 10.9. The molecule has 3 heterocycles. The monoisotopic (exact) mass is 423 g/mol. The molecule has 1 saturated heterocycles. The van der Waals surface area contributed by atoms with E-state index in [0.717, 1.165) is 37.1 Å². The highest BCUT2D eigenvalue weighted by Crippen LogP contribution is 2.27. The summed E-state index contributed by atoms with van der Waals surface area (Å²) < 4.78 is 48.4. The van der Waals surface area contributed by atoms with E-state index >= 15 is 0 Å². The van der Waals surface area contributed by atoms with Crippen molar-refractivity contribution in [2.75, 3.05) is 31.9 Å². The highest BCUT2D eigenvalue weighted by molar-refractivity contribution is 7.90. The fraction of sp³-hybridized carbons (Fsp3) is 0.474. The van der Waals surface area contributed by atoms with Crippen molar-refractivity contribution in [3.63, 3.8) is 0 Å². The molecule has 10 heteroatoms. The lowest BCUT2D eigenvalue weighted by molar-refractivity contribution is 0.113. The Morgan fingerprint density at radius 1 is 1.28 bits per heavy atom. The number of nitrogens with zero attached hydrogens (tertiary/aromatic N) is 3. The minimum Gasteiger partial charge on any atom is -0.488 e. The second-order valence-electron chi connectivity index (χ2n) is 7.16. The molecule has 1 fully saturated rings. The minimum absolute atomic E-state index is 0.141. The van der Waals surface area contributed by atoms with Crippen molar-refractivity contribution in [1.29, 1.82) is 0 Å². The third kappa shape index (κ3) is 5.40. The Morgan fingerprint density at radius 3 is 2.69 bits per heavy atom. The second kappa shape index (κ2) is 9.02. The summed E-state index contributed by atoms with van der Waals surface area (Å²) in [6, 6.07) is 1.52. The number of anilines is 1. The summed E-state index contributed by atoms with van der Waals surface area (Å²) in [6.45, 7) is 3.90. The van der Waals surface area contributed by atoms with Gasteiger partial charge >= 0.3 is 0 Å². The number of ether oxygens (including phenoxy) is 1. The van der Waals surface area contributed by atoms with Gasteiger partial charge in [-0.15, -0.1) is 0 Å². The molecule has 2 N–H and O–H groups in total. The number of aromatic nitrogens is 2. The molecule has 0 radical (unpaired) electrons. The summed E-state index contributed by atoms with van der Waals surface area (Å²) in [7, 11) is -0.532. The van der Waals surface area contributed by atoms with Crippen LogP contribution in [0.2, 0.25) is 0 Å². The van der Waals surface area contributed by atoms with Crippen LogP contribution in [0.4, 0.5) is 10.2 Å². The maximum atomic E-state index is 14.8. The molecule has 29 heavy (non-hydrogen) atoms. The second-order valence-corrected chi connectivity index (χ2v) is 8.78. The fourth-order valence-electron chi connectivity index (χ4n) is 3.20. The first-order valence-electron chi connectivity index (χ1n) is 9.42. The van der Waals surface area contributed by atoms with Crippen LogP contribution in [0.1, 0.15) is 29.5 Å². The molecular weight excluding hydrogens is 397 g/mol. The number of halogens is 1. The molecule has 0 spiro atoms. The topological polar surface area (TPSA) is 96.5 Å². The Kier molecular flexibility index (Phi) is 6.66. The fourth-order valence-corrected chi connectivity index (χ4v) is 3.70. The van der Waals surface area contributed by atoms with E-state index in [1.54, 1.807) is 12.4 Å². The van der Waals surface area contributed by atoms with Crippen molar-refractivity contribution < 1.29 is 17.5 Å². The van der Waals surface area contributed by atoms with Gasteiger partial charge in [-0.05, 0) is 49.6 Å². The standard InChI is InChI=1S/C19H26FN5O3S/c1-13-15(11-22-12-17(13)28-16-5-8-25(3)9-6-16)10-14-4-7-23-19(18(14)20)24-29(26,27)21-2/h4,7,11-12,16,21H,5-6,8-10H2,1-3H3,(H,23,24). The molecule has 2 aromatic heterocycles. The first-order chi connectivity index (χ1) is 13.8. The smallest absolute Gasteiger partial charge is 0.300 e. The van der Waals surface area contributed by atoms with E-state index in [-0.39, 0.29) is 18.3 Å². The van der Waals surface area contributed by atoms with E-state index in [9.17, 15) is 12.8 Å². The predicted octanol–water partition coefficient (Wildman–Crippen LogP) is 1.86. The van der Waals surface area contributed by atoms with Gasteiger partial charge in [-0.1, -0.05) is 0 Å². The maximum absolute atomic E-state index is 14.8. The summed E-state index contributed by atoms with van der Waals surface area (Å²) in [6.07, 6.45) is 7.02. The summed E-state index contributed by atoms with van der Waals surface area (Å²) in [5.74, 6) is -0.365. The van der Waals surface area contributed by atoms with Crippen molar-refractivity contribution in [2.24, 2.45) is 0 Å². The lowest BCUT2D eigenvalue weighted by atomic mass is 10.0. The average Bonchev–Trinajstić information content (AvgIpc) is 2.69. The van der Waals surface area contributed by atoms with Gasteiger partial charge in [-0.2, -0.15) is 8.42 Å². The van der Waals surface area contributed by atoms with Gasteiger partial charge in [0.1, 0.15) is 11.9 Å². The van der Waals surface area contributed by atoms with Gasteiger partial charge in [0.15, 0.2) is 11.6 Å². The van der Waals surface area contributed by atoms with Gasteiger partial charge in [0.25, 0.3) is 10.2 Å². The van der Waals surface area contributed by atoms with E-state index in [0.29, 0.717) is 11.3 Å². The van der Waals surface area contributed by atoms with E-state index in [2.05, 4.69) is 31.4 Å². The zero-order valence-corrected chi connectivity index (χ0v) is 17.6. The van der Waals surface area contributed by atoms with Crippen LogP contribution in [0.5, 0.6) is 5.75 Å². The molecule has 0 aliphatic carbocycles. The Labute approximate surface area is 170 Å². The Bertz CT molecular complexity index is 962. The van der Waals surface area contributed by atoms with Crippen LogP contribution in [-0.2, 0) is 16.6 Å². The molecule has 0 saturated carbocycles. The Balaban J connectivity index is 1.79. The number of nitrogens with one attached hydrogen (secondary N) is 2. The van der Waals surface area contributed by atoms with E-state index in [1.165, 1.54) is 19.3 Å². The number of rotatable bonds is 7. The molecule has 0 amide bonds. The van der Waals surface area contributed by atoms with Crippen molar-refractivity contribution in [3.05, 3.63) is 47.2 Å². The molecule has 0 aromatic carbocycles. The van der Waals surface area contributed by atoms with Crippen molar-refractivity contribution in [1.82, 2.24) is 19.6 Å². The van der Waals surface area contributed by atoms with Crippen molar-refractivity contribution in [3.8, 4) is 5.75 Å². The van der Waals surface area contributed by atoms with E-state index in [4.69, 9.17) is 4.74 Å². The third-order valence-electron chi connectivity index (χ3n) is 5.08. The van der Waals surface area contributed by atoms with Gasteiger partial charge < -0.3 is 9.64 Å². The zero-order chi connectivity index (χ0) is 21.0. The van der Waals surface area contributed by atoms with Crippen molar-refractivity contribution >= 4 is 16.0 Å². The molecule has 2 aromatic rings. The summed E-state index contributed by atoms with van der Waals surface area (Å²) in [4.78, 5) is 10.3. The van der Waals surface area contributed by atoms with Gasteiger partial charge in [-0.3, -0.25) is 9.71 Å².